The van der Waals surface area contributed by atoms with Crippen molar-refractivity contribution < 1.29 is 0 Å². The topological polar surface area (TPSA) is 47.6 Å². The van der Waals surface area contributed by atoms with Crippen LogP contribution in [0.5, 0.6) is 0 Å². The molecule has 2 unspecified atom stereocenters. The highest BCUT2D eigenvalue weighted by molar-refractivity contribution is 9.24. The van der Waals surface area contributed by atoms with Crippen LogP contribution >= 0.6 is 31.9 Å². The van der Waals surface area contributed by atoms with Gasteiger partial charge in [-0.15, -0.1) is 0 Å². The third-order valence-corrected chi connectivity index (χ3v) is 4.24. The summed E-state index contributed by atoms with van der Waals surface area (Å²) in [5.74, 6) is 0.411. The quantitative estimate of drug-likeness (QED) is 0.629. The van der Waals surface area contributed by atoms with Crippen LogP contribution < -0.4 is 0 Å². The van der Waals surface area contributed by atoms with Crippen molar-refractivity contribution in [3.8, 4) is 12.1 Å². The van der Waals surface area contributed by atoms with Gasteiger partial charge in [-0.2, -0.15) is 10.5 Å². The highest BCUT2D eigenvalue weighted by atomic mass is 79.9. The van der Waals surface area contributed by atoms with Crippen LogP contribution in [0, 0.1) is 22.7 Å². The molecular formula is C15H16Br2N2. The molecule has 0 aromatic heterocycles. The first kappa shape index (κ1) is 16.2. The zero-order valence-electron chi connectivity index (χ0n) is 11.0. The van der Waals surface area contributed by atoms with E-state index >= 15 is 0 Å². The molecule has 2 atom stereocenters. The Kier molecular flexibility index (Phi) is 6.55. The predicted molar refractivity (Wildman–Crippen MR) is 84.3 cm³/mol. The van der Waals surface area contributed by atoms with Crippen molar-refractivity contribution >= 4 is 31.9 Å². The average Bonchev–Trinajstić information content (AvgIpc) is 2.38. The molecule has 0 fully saturated rings. The molecular weight excluding hydrogens is 368 g/mol. The van der Waals surface area contributed by atoms with E-state index in [2.05, 4.69) is 76.0 Å². The fraction of sp³-hybridized carbons (Fsp3) is 0.467. The number of benzene rings is 1. The molecule has 1 rings (SSSR count). The van der Waals surface area contributed by atoms with E-state index in [1.807, 2.05) is 0 Å². The highest BCUT2D eigenvalue weighted by Gasteiger charge is 2.14. The smallest absolute Gasteiger partial charge is 0.0946 e. The van der Waals surface area contributed by atoms with Crippen molar-refractivity contribution in [1.82, 2.24) is 0 Å². The number of rotatable bonds is 5. The van der Waals surface area contributed by atoms with E-state index in [9.17, 15) is 0 Å². The molecule has 0 saturated carbocycles. The van der Waals surface area contributed by atoms with Crippen LogP contribution in [-0.2, 0) is 0 Å². The van der Waals surface area contributed by atoms with E-state index in [1.165, 1.54) is 0 Å². The van der Waals surface area contributed by atoms with E-state index in [0.717, 1.165) is 16.7 Å². The van der Waals surface area contributed by atoms with Gasteiger partial charge in [-0.25, -0.2) is 0 Å². The minimum absolute atomic E-state index is 0.0854. The molecule has 1 aromatic rings. The summed E-state index contributed by atoms with van der Waals surface area (Å²) in [6.45, 7) is 4.11. The van der Waals surface area contributed by atoms with E-state index in [4.69, 9.17) is 10.5 Å². The van der Waals surface area contributed by atoms with Gasteiger partial charge in [0.25, 0.3) is 0 Å². The number of hydrogen-bond donors (Lipinski definition) is 0. The molecule has 0 saturated heterocycles. The summed E-state index contributed by atoms with van der Waals surface area (Å²) in [7, 11) is 0. The van der Waals surface area contributed by atoms with E-state index in [-0.39, 0.29) is 15.6 Å². The summed E-state index contributed by atoms with van der Waals surface area (Å²) >= 11 is 7.03. The third-order valence-electron chi connectivity index (χ3n) is 3.18. The molecule has 0 heterocycles. The Morgan fingerprint density at radius 2 is 1.26 bits per heavy atom. The molecule has 0 spiro atoms. The minimum atomic E-state index is 0.0854. The number of alkyl halides is 2. The Labute approximate surface area is 131 Å². The fourth-order valence-corrected chi connectivity index (χ4v) is 2.44. The number of nitrogens with zero attached hydrogens (tertiary/aromatic N) is 2. The molecule has 19 heavy (non-hydrogen) atoms. The SMILES string of the molecule is CC(CC#N)c1cc(C(Br)Br)cc(C(C)CC#N)c1. The second kappa shape index (κ2) is 7.68. The molecule has 100 valence electrons. The first-order chi connectivity index (χ1) is 8.99. The summed E-state index contributed by atoms with van der Waals surface area (Å²) in [6.07, 6.45) is 1.01. The number of halogens is 2. The lowest BCUT2D eigenvalue weighted by atomic mass is 9.90. The Balaban J connectivity index is 3.19. The maximum Gasteiger partial charge on any atom is 0.0946 e. The zero-order valence-corrected chi connectivity index (χ0v) is 14.2. The normalized spacial score (nSPS) is 13.6. The summed E-state index contributed by atoms with van der Waals surface area (Å²) in [5.41, 5.74) is 3.44. The van der Waals surface area contributed by atoms with Gasteiger partial charge in [0, 0.05) is 12.8 Å². The second-order valence-electron chi connectivity index (χ2n) is 4.76. The summed E-state index contributed by atoms with van der Waals surface area (Å²) in [4.78, 5) is 0. The third kappa shape index (κ3) is 4.64. The Hall–Kier alpha value is -0.840. The summed E-state index contributed by atoms with van der Waals surface area (Å²) in [5, 5.41) is 17.7. The zero-order chi connectivity index (χ0) is 14.4. The minimum Gasteiger partial charge on any atom is -0.198 e. The van der Waals surface area contributed by atoms with Crippen LogP contribution in [0.4, 0.5) is 0 Å². The number of nitriles is 2. The van der Waals surface area contributed by atoms with E-state index in [1.54, 1.807) is 0 Å². The average molecular weight is 384 g/mol. The molecule has 0 aliphatic rings. The van der Waals surface area contributed by atoms with Crippen molar-refractivity contribution in [2.24, 2.45) is 0 Å². The first-order valence-electron chi connectivity index (χ1n) is 6.16. The van der Waals surface area contributed by atoms with Crippen LogP contribution in [0.2, 0.25) is 0 Å². The molecule has 1 aromatic carbocycles. The van der Waals surface area contributed by atoms with E-state index in [0.29, 0.717) is 12.8 Å². The lowest BCUT2D eigenvalue weighted by Gasteiger charge is -2.16. The molecule has 0 radical (unpaired) electrons. The molecule has 0 bridgehead atoms. The van der Waals surface area contributed by atoms with Crippen molar-refractivity contribution in [3.63, 3.8) is 0 Å². The van der Waals surface area contributed by atoms with Crippen LogP contribution in [-0.4, -0.2) is 0 Å². The van der Waals surface area contributed by atoms with Crippen molar-refractivity contribution in [2.75, 3.05) is 0 Å². The molecule has 0 aliphatic heterocycles. The van der Waals surface area contributed by atoms with Crippen LogP contribution in [0.25, 0.3) is 0 Å². The maximum atomic E-state index is 8.83. The largest absolute Gasteiger partial charge is 0.198 e. The van der Waals surface area contributed by atoms with Crippen LogP contribution in [0.1, 0.15) is 59.0 Å². The lowest BCUT2D eigenvalue weighted by molar-refractivity contribution is 0.760. The highest BCUT2D eigenvalue weighted by Crippen LogP contribution is 2.34. The van der Waals surface area contributed by atoms with Gasteiger partial charge in [-0.1, -0.05) is 63.9 Å². The van der Waals surface area contributed by atoms with Crippen LogP contribution in [0.3, 0.4) is 0 Å². The molecule has 0 N–H and O–H groups in total. The first-order valence-corrected chi connectivity index (χ1v) is 7.99. The maximum absolute atomic E-state index is 8.83. The summed E-state index contributed by atoms with van der Waals surface area (Å²) in [6, 6.07) is 10.8. The van der Waals surface area contributed by atoms with Gasteiger partial charge in [0.05, 0.1) is 15.9 Å². The number of hydrogen-bond acceptors (Lipinski definition) is 2. The van der Waals surface area contributed by atoms with Crippen molar-refractivity contribution in [3.05, 3.63) is 34.9 Å². The Bertz CT molecular complexity index is 472. The van der Waals surface area contributed by atoms with Crippen LogP contribution in [0.15, 0.2) is 18.2 Å². The van der Waals surface area contributed by atoms with Gasteiger partial charge in [0.15, 0.2) is 0 Å². The van der Waals surface area contributed by atoms with Gasteiger partial charge in [-0.3, -0.25) is 0 Å². The van der Waals surface area contributed by atoms with Crippen molar-refractivity contribution in [1.29, 1.82) is 10.5 Å². The molecule has 2 nitrogen and oxygen atoms in total. The Morgan fingerprint density at radius 3 is 1.58 bits per heavy atom. The monoisotopic (exact) mass is 382 g/mol. The predicted octanol–water partition coefficient (Wildman–Crippen LogP) is 5.51. The van der Waals surface area contributed by atoms with Gasteiger partial charge in [0.1, 0.15) is 0 Å². The van der Waals surface area contributed by atoms with Gasteiger partial charge in [0.2, 0.25) is 0 Å². The van der Waals surface area contributed by atoms with Gasteiger partial charge >= 0.3 is 0 Å². The second-order valence-corrected chi connectivity index (χ2v) is 7.82. The van der Waals surface area contributed by atoms with Gasteiger partial charge < -0.3 is 0 Å². The standard InChI is InChI=1S/C15H16Br2N2/c1-10(3-5-18)12-7-13(11(2)4-6-19)9-14(8-12)15(16)17/h7-11,15H,3-4H2,1-2H3. The van der Waals surface area contributed by atoms with Crippen molar-refractivity contribution in [2.45, 2.75) is 42.3 Å². The molecule has 0 amide bonds. The molecule has 0 aliphatic carbocycles. The van der Waals surface area contributed by atoms with E-state index < -0.39 is 0 Å². The van der Waals surface area contributed by atoms with Gasteiger partial charge in [-0.05, 0) is 28.5 Å². The summed E-state index contributed by atoms with van der Waals surface area (Å²) < 4.78 is 0.0854. The lowest BCUT2D eigenvalue weighted by Crippen LogP contribution is -2.00. The molecule has 4 heteroatoms. The fourth-order valence-electron chi connectivity index (χ4n) is 1.91. The Morgan fingerprint density at radius 1 is 0.895 bits per heavy atom.